The van der Waals surface area contributed by atoms with Gasteiger partial charge in [-0.3, -0.25) is 0 Å². The van der Waals surface area contributed by atoms with Gasteiger partial charge in [0.05, 0.1) is 0 Å². The first-order chi connectivity index (χ1) is 5.00. The monoisotopic (exact) mass is 226 g/mol. The van der Waals surface area contributed by atoms with Gasteiger partial charge >= 0.3 is 6.18 Å². The van der Waals surface area contributed by atoms with E-state index in [1.807, 2.05) is 0 Å². The van der Waals surface area contributed by atoms with Crippen molar-refractivity contribution >= 4 is 15.9 Å². The van der Waals surface area contributed by atoms with E-state index in [0.29, 0.717) is 0 Å². The number of rotatable bonds is 0. The van der Waals surface area contributed by atoms with Crippen LogP contribution in [0, 0.1) is 0 Å². The summed E-state index contributed by atoms with van der Waals surface area (Å²) in [6, 6.07) is 0.819. The smallest absolute Gasteiger partial charge is 0.232 e. The molecule has 2 nitrogen and oxygen atoms in total. The lowest BCUT2D eigenvalue weighted by Gasteiger charge is -2.03. The number of aromatic nitrogens is 2. The number of nitrogens with zero attached hydrogens (tertiary/aromatic N) is 2. The fourth-order valence-corrected chi connectivity index (χ4v) is 0.797. The first-order valence-electron chi connectivity index (χ1n) is 2.55. The van der Waals surface area contributed by atoms with Gasteiger partial charge in [0.2, 0.25) is 0 Å². The number of hydrogen-bond donors (Lipinski definition) is 0. The average Bonchev–Trinajstić information content (AvgIpc) is 1.86. The van der Waals surface area contributed by atoms with E-state index in [1.165, 1.54) is 0 Å². The van der Waals surface area contributed by atoms with E-state index in [0.717, 1.165) is 12.4 Å². The summed E-state index contributed by atoms with van der Waals surface area (Å²) in [6.07, 6.45) is -3.54. The molecule has 0 aliphatic carbocycles. The molecule has 60 valence electrons. The summed E-state index contributed by atoms with van der Waals surface area (Å²) in [7, 11) is 0. The molecule has 1 aromatic rings. The van der Waals surface area contributed by atoms with Crippen LogP contribution in [0.25, 0.3) is 0 Å². The molecule has 0 aliphatic rings. The van der Waals surface area contributed by atoms with Gasteiger partial charge in [0.1, 0.15) is 16.6 Å². The highest BCUT2D eigenvalue weighted by Crippen LogP contribution is 2.27. The van der Waals surface area contributed by atoms with Crippen LogP contribution >= 0.6 is 15.9 Å². The highest BCUT2D eigenvalue weighted by molar-refractivity contribution is 9.10. The molecule has 1 rings (SSSR count). The Morgan fingerprint density at radius 3 is 2.27 bits per heavy atom. The fraction of sp³-hybridized carbons (Fsp3) is 0.200. The molecule has 6 heteroatoms. The van der Waals surface area contributed by atoms with Gasteiger partial charge in [-0.15, -0.1) is 0 Å². The van der Waals surface area contributed by atoms with Crippen LogP contribution in [0.1, 0.15) is 5.69 Å². The van der Waals surface area contributed by atoms with Crippen LogP contribution in [-0.4, -0.2) is 9.97 Å². The lowest BCUT2D eigenvalue weighted by Crippen LogP contribution is -2.07. The minimum atomic E-state index is -4.40. The molecular weight excluding hydrogens is 225 g/mol. The van der Waals surface area contributed by atoms with Gasteiger partial charge in [-0.25, -0.2) is 9.97 Å². The highest BCUT2D eigenvalue weighted by atomic mass is 79.9. The maximum Gasteiger partial charge on any atom is 0.433 e. The van der Waals surface area contributed by atoms with E-state index in [-0.39, 0.29) is 4.60 Å². The zero-order valence-corrected chi connectivity index (χ0v) is 6.65. The largest absolute Gasteiger partial charge is 0.433 e. The van der Waals surface area contributed by atoms with Crippen molar-refractivity contribution in [2.45, 2.75) is 6.18 Å². The molecule has 0 aliphatic heterocycles. The molecule has 1 aromatic heterocycles. The lowest BCUT2D eigenvalue weighted by molar-refractivity contribution is -0.141. The normalized spacial score (nSPS) is 11.6. The van der Waals surface area contributed by atoms with Crippen LogP contribution in [0.5, 0.6) is 0 Å². The number of halogens is 4. The van der Waals surface area contributed by atoms with Gasteiger partial charge < -0.3 is 0 Å². The molecule has 0 atom stereocenters. The van der Waals surface area contributed by atoms with Gasteiger partial charge in [0.25, 0.3) is 0 Å². The topological polar surface area (TPSA) is 25.8 Å². The Hall–Kier alpha value is -0.650. The Morgan fingerprint density at radius 1 is 1.27 bits per heavy atom. The summed E-state index contributed by atoms with van der Waals surface area (Å²) in [5, 5.41) is 0. The van der Waals surface area contributed by atoms with E-state index in [1.54, 1.807) is 0 Å². The average molecular weight is 227 g/mol. The van der Waals surface area contributed by atoms with Crippen molar-refractivity contribution in [2.24, 2.45) is 0 Å². The summed E-state index contributed by atoms with van der Waals surface area (Å²) in [6.45, 7) is 0. The Bertz CT molecular complexity index is 260. The Morgan fingerprint density at radius 2 is 1.91 bits per heavy atom. The van der Waals surface area contributed by atoms with E-state index in [4.69, 9.17) is 0 Å². The van der Waals surface area contributed by atoms with Crippen molar-refractivity contribution in [1.29, 1.82) is 0 Å². The summed E-state index contributed by atoms with van der Waals surface area (Å²) in [5.74, 6) is 0. The van der Waals surface area contributed by atoms with E-state index in [9.17, 15) is 13.2 Å². The summed E-state index contributed by atoms with van der Waals surface area (Å²) >= 11 is 2.80. The third kappa shape index (κ3) is 2.14. The van der Waals surface area contributed by atoms with Gasteiger partial charge in [-0.2, -0.15) is 13.2 Å². The Kier molecular flexibility index (Phi) is 2.12. The maximum absolute atomic E-state index is 11.9. The van der Waals surface area contributed by atoms with Crippen molar-refractivity contribution in [2.75, 3.05) is 0 Å². The molecule has 0 unspecified atom stereocenters. The second-order valence-electron chi connectivity index (χ2n) is 1.72. The molecule has 0 saturated heterocycles. The van der Waals surface area contributed by atoms with Crippen molar-refractivity contribution in [3.05, 3.63) is 22.7 Å². The number of alkyl halides is 3. The predicted octanol–water partition coefficient (Wildman–Crippen LogP) is 2.26. The van der Waals surface area contributed by atoms with Gasteiger partial charge in [-0.05, 0) is 15.9 Å². The van der Waals surface area contributed by atoms with E-state index >= 15 is 0 Å². The summed E-state index contributed by atoms with van der Waals surface area (Å²) in [5.41, 5.74) is -0.945. The minimum Gasteiger partial charge on any atom is -0.232 e. The molecule has 0 spiro atoms. The Balaban J connectivity index is 3.06. The summed E-state index contributed by atoms with van der Waals surface area (Å²) < 4.78 is 35.7. The number of hydrogen-bond acceptors (Lipinski definition) is 2. The van der Waals surface area contributed by atoms with E-state index in [2.05, 4.69) is 25.9 Å². The molecule has 0 saturated carbocycles. The fourth-order valence-electron chi connectivity index (χ4n) is 0.489. The standard InChI is InChI=1S/C5H2BrF3N2/c6-4-1-3(5(7,8)9)10-2-11-4/h1-2H. The van der Waals surface area contributed by atoms with Crippen LogP contribution in [0.4, 0.5) is 13.2 Å². The first kappa shape index (κ1) is 8.45. The molecule has 0 N–H and O–H groups in total. The van der Waals surface area contributed by atoms with E-state index < -0.39 is 11.9 Å². The zero-order valence-electron chi connectivity index (χ0n) is 5.06. The first-order valence-corrected chi connectivity index (χ1v) is 3.34. The molecule has 0 aromatic carbocycles. The van der Waals surface area contributed by atoms with Crippen molar-refractivity contribution in [1.82, 2.24) is 9.97 Å². The summed E-state index contributed by atoms with van der Waals surface area (Å²) in [4.78, 5) is 6.50. The lowest BCUT2D eigenvalue weighted by atomic mass is 10.4. The van der Waals surface area contributed by atoms with Crippen LogP contribution in [0.2, 0.25) is 0 Å². The highest BCUT2D eigenvalue weighted by Gasteiger charge is 2.32. The predicted molar refractivity (Wildman–Crippen MR) is 34.7 cm³/mol. The van der Waals surface area contributed by atoms with Crippen molar-refractivity contribution < 1.29 is 13.2 Å². The van der Waals surface area contributed by atoms with Gasteiger partial charge in [0, 0.05) is 6.07 Å². The Labute approximate surface area is 68.6 Å². The van der Waals surface area contributed by atoms with Crippen LogP contribution < -0.4 is 0 Å². The maximum atomic E-state index is 11.9. The van der Waals surface area contributed by atoms with Crippen molar-refractivity contribution in [3.8, 4) is 0 Å². The molecular formula is C5H2BrF3N2. The minimum absolute atomic E-state index is 0.125. The molecule has 0 radical (unpaired) electrons. The quantitative estimate of drug-likeness (QED) is 0.635. The molecule has 1 heterocycles. The van der Waals surface area contributed by atoms with Crippen LogP contribution in [0.15, 0.2) is 17.0 Å². The zero-order chi connectivity index (χ0) is 8.48. The van der Waals surface area contributed by atoms with Crippen LogP contribution in [-0.2, 0) is 6.18 Å². The molecule has 0 amide bonds. The second kappa shape index (κ2) is 2.77. The third-order valence-corrected chi connectivity index (χ3v) is 1.36. The van der Waals surface area contributed by atoms with Crippen molar-refractivity contribution in [3.63, 3.8) is 0 Å². The molecule has 11 heavy (non-hydrogen) atoms. The molecule has 0 fully saturated rings. The SMILES string of the molecule is FC(F)(F)c1cc(Br)ncn1. The second-order valence-corrected chi connectivity index (χ2v) is 2.54. The molecule has 0 bridgehead atoms. The van der Waals surface area contributed by atoms with Gasteiger partial charge in [-0.1, -0.05) is 0 Å². The van der Waals surface area contributed by atoms with Crippen LogP contribution in [0.3, 0.4) is 0 Å². The third-order valence-electron chi connectivity index (χ3n) is 0.924. The van der Waals surface area contributed by atoms with Gasteiger partial charge in [0.15, 0.2) is 0 Å².